The fraction of sp³-hybridized carbons (Fsp3) is 0.429. The topological polar surface area (TPSA) is 21.3 Å². The summed E-state index contributed by atoms with van der Waals surface area (Å²) in [6, 6.07) is 13.2. The van der Waals surface area contributed by atoms with E-state index in [0.717, 1.165) is 24.1 Å². The summed E-state index contributed by atoms with van der Waals surface area (Å²) < 4.78 is 19.8. The lowest BCUT2D eigenvalue weighted by molar-refractivity contribution is 0.0599. The first-order valence-electron chi connectivity index (χ1n) is 8.59. The van der Waals surface area contributed by atoms with Crippen LogP contribution in [-0.2, 0) is 17.8 Å². The van der Waals surface area contributed by atoms with Gasteiger partial charge < -0.3 is 10.1 Å². The zero-order chi connectivity index (χ0) is 17.6. The summed E-state index contributed by atoms with van der Waals surface area (Å²) in [5.74, 6) is -0.257. The maximum atomic E-state index is 14.1. The molecule has 0 saturated carbocycles. The van der Waals surface area contributed by atoms with Crippen LogP contribution >= 0.6 is 0 Å². The van der Waals surface area contributed by atoms with Crippen molar-refractivity contribution in [2.45, 2.75) is 47.1 Å². The molecule has 0 aromatic heterocycles. The zero-order valence-corrected chi connectivity index (χ0v) is 15.2. The maximum absolute atomic E-state index is 14.1. The van der Waals surface area contributed by atoms with Gasteiger partial charge in [0.25, 0.3) is 0 Å². The van der Waals surface area contributed by atoms with Crippen LogP contribution in [0.5, 0.6) is 0 Å². The molecule has 2 rings (SSSR count). The van der Waals surface area contributed by atoms with Crippen molar-refractivity contribution in [3.63, 3.8) is 0 Å². The van der Waals surface area contributed by atoms with Crippen molar-refractivity contribution < 1.29 is 9.13 Å². The number of aryl methyl sites for hydroxylation is 1. The molecule has 130 valence electrons. The second-order valence-corrected chi connectivity index (χ2v) is 7.44. The van der Waals surface area contributed by atoms with Crippen molar-refractivity contribution in [1.82, 2.24) is 0 Å². The van der Waals surface area contributed by atoms with Crippen LogP contribution in [0.3, 0.4) is 0 Å². The quantitative estimate of drug-likeness (QED) is 0.664. The number of halogens is 1. The lowest BCUT2D eigenvalue weighted by Gasteiger charge is -2.18. The Balaban J connectivity index is 2.02. The van der Waals surface area contributed by atoms with Gasteiger partial charge in [0.15, 0.2) is 0 Å². The number of ether oxygens (including phenoxy) is 1. The van der Waals surface area contributed by atoms with Gasteiger partial charge in [0.05, 0.1) is 18.9 Å². The largest absolute Gasteiger partial charge is 0.376 e. The van der Waals surface area contributed by atoms with Gasteiger partial charge in [-0.3, -0.25) is 0 Å². The fourth-order valence-corrected chi connectivity index (χ4v) is 2.43. The van der Waals surface area contributed by atoms with Crippen LogP contribution in [0.15, 0.2) is 42.5 Å². The highest BCUT2D eigenvalue weighted by Gasteiger charge is 2.11. The molecular formula is C21H28FNO. The van der Waals surface area contributed by atoms with E-state index in [1.54, 1.807) is 6.07 Å². The zero-order valence-electron chi connectivity index (χ0n) is 15.2. The second-order valence-electron chi connectivity index (χ2n) is 7.44. The van der Waals surface area contributed by atoms with Gasteiger partial charge in [0, 0.05) is 5.69 Å². The molecule has 2 aromatic rings. The van der Waals surface area contributed by atoms with Crippen LogP contribution in [0, 0.1) is 11.2 Å². The van der Waals surface area contributed by atoms with Crippen LogP contribution in [0.1, 0.15) is 45.2 Å². The first kappa shape index (κ1) is 18.5. The molecule has 0 aliphatic rings. The molecule has 3 heteroatoms. The van der Waals surface area contributed by atoms with Gasteiger partial charge in [0.2, 0.25) is 0 Å². The summed E-state index contributed by atoms with van der Waals surface area (Å²) in [4.78, 5) is 0. The van der Waals surface area contributed by atoms with Crippen molar-refractivity contribution in [2.75, 3.05) is 11.9 Å². The number of rotatable bonds is 7. The van der Waals surface area contributed by atoms with E-state index in [4.69, 9.17) is 4.74 Å². The fourth-order valence-electron chi connectivity index (χ4n) is 2.43. The number of nitrogens with one attached hydrogen (secondary N) is 1. The molecule has 0 heterocycles. The normalized spacial score (nSPS) is 11.5. The number of hydrogen-bond donors (Lipinski definition) is 1. The molecule has 0 saturated heterocycles. The molecular weight excluding hydrogens is 301 g/mol. The van der Waals surface area contributed by atoms with Gasteiger partial charge in [-0.1, -0.05) is 52.3 Å². The van der Waals surface area contributed by atoms with Gasteiger partial charge >= 0.3 is 0 Å². The predicted molar refractivity (Wildman–Crippen MR) is 99.2 cm³/mol. The smallest absolute Gasteiger partial charge is 0.146 e. The van der Waals surface area contributed by atoms with Crippen molar-refractivity contribution >= 4 is 11.4 Å². The molecule has 0 aliphatic heterocycles. The molecule has 2 aromatic carbocycles. The minimum Gasteiger partial charge on any atom is -0.376 e. The van der Waals surface area contributed by atoms with E-state index in [1.165, 1.54) is 11.6 Å². The molecule has 0 radical (unpaired) electrons. The standard InChI is InChI=1S/C21H28FNO/c1-5-6-16-7-10-18(11-8-16)23-20-13-17(9-12-19(20)22)14-24-15-21(2,3)4/h7-13,23H,5-6,14-15H2,1-4H3. The van der Waals surface area contributed by atoms with E-state index in [9.17, 15) is 4.39 Å². The van der Waals surface area contributed by atoms with Crippen molar-refractivity contribution in [2.24, 2.45) is 5.41 Å². The Morgan fingerprint density at radius 2 is 1.67 bits per heavy atom. The van der Waals surface area contributed by atoms with Crippen molar-refractivity contribution in [3.05, 3.63) is 59.4 Å². The van der Waals surface area contributed by atoms with Crippen molar-refractivity contribution in [3.8, 4) is 0 Å². The van der Waals surface area contributed by atoms with Gasteiger partial charge in [-0.25, -0.2) is 4.39 Å². The SMILES string of the molecule is CCCc1ccc(Nc2cc(COCC(C)(C)C)ccc2F)cc1. The molecule has 24 heavy (non-hydrogen) atoms. The maximum Gasteiger partial charge on any atom is 0.146 e. The van der Waals surface area contributed by atoms with Gasteiger partial charge in [0.1, 0.15) is 5.82 Å². The van der Waals surface area contributed by atoms with Crippen molar-refractivity contribution in [1.29, 1.82) is 0 Å². The molecule has 0 unspecified atom stereocenters. The van der Waals surface area contributed by atoms with Gasteiger partial charge in [-0.15, -0.1) is 0 Å². The highest BCUT2D eigenvalue weighted by Crippen LogP contribution is 2.23. The summed E-state index contributed by atoms with van der Waals surface area (Å²) >= 11 is 0. The molecule has 0 fully saturated rings. The third-order valence-electron chi connectivity index (χ3n) is 3.61. The Morgan fingerprint density at radius 3 is 2.29 bits per heavy atom. The summed E-state index contributed by atoms with van der Waals surface area (Å²) in [7, 11) is 0. The third-order valence-corrected chi connectivity index (χ3v) is 3.61. The summed E-state index contributed by atoms with van der Waals surface area (Å²) in [6.45, 7) is 9.72. The summed E-state index contributed by atoms with van der Waals surface area (Å²) in [6.07, 6.45) is 2.19. The number of anilines is 2. The molecule has 2 nitrogen and oxygen atoms in total. The lowest BCUT2D eigenvalue weighted by Crippen LogP contribution is -2.14. The molecule has 0 aliphatic carbocycles. The monoisotopic (exact) mass is 329 g/mol. The first-order chi connectivity index (χ1) is 11.4. The number of hydrogen-bond acceptors (Lipinski definition) is 2. The second kappa shape index (κ2) is 8.29. The minimum absolute atomic E-state index is 0.126. The Bertz CT molecular complexity index is 644. The van der Waals surface area contributed by atoms with Crippen LogP contribution in [0.25, 0.3) is 0 Å². The predicted octanol–water partition coefficient (Wildman–Crippen LogP) is 6.08. The average Bonchev–Trinajstić information content (AvgIpc) is 2.51. The molecule has 0 amide bonds. The molecule has 0 atom stereocenters. The van der Waals surface area contributed by atoms with Crippen LogP contribution in [-0.4, -0.2) is 6.61 Å². The molecule has 0 bridgehead atoms. The summed E-state index contributed by atoms with van der Waals surface area (Å²) in [5.41, 5.74) is 3.76. The highest BCUT2D eigenvalue weighted by molar-refractivity contribution is 5.61. The Hall–Kier alpha value is -1.87. The van der Waals surface area contributed by atoms with Gasteiger partial charge in [-0.2, -0.15) is 0 Å². The average molecular weight is 329 g/mol. The minimum atomic E-state index is -0.257. The number of benzene rings is 2. The van der Waals surface area contributed by atoms with E-state index >= 15 is 0 Å². The van der Waals surface area contributed by atoms with E-state index in [2.05, 4.69) is 45.1 Å². The van der Waals surface area contributed by atoms with E-state index in [1.807, 2.05) is 18.2 Å². The Morgan fingerprint density at radius 1 is 1.00 bits per heavy atom. The van der Waals surface area contributed by atoms with Gasteiger partial charge in [-0.05, 0) is 47.2 Å². The third kappa shape index (κ3) is 5.97. The Kier molecular flexibility index (Phi) is 6.38. The lowest BCUT2D eigenvalue weighted by atomic mass is 9.99. The van der Waals surface area contributed by atoms with Crippen LogP contribution < -0.4 is 5.32 Å². The van der Waals surface area contributed by atoms with E-state index < -0.39 is 0 Å². The molecule has 1 N–H and O–H groups in total. The van der Waals surface area contributed by atoms with E-state index in [0.29, 0.717) is 18.9 Å². The highest BCUT2D eigenvalue weighted by atomic mass is 19.1. The first-order valence-corrected chi connectivity index (χ1v) is 8.59. The molecule has 0 spiro atoms. The van der Waals surface area contributed by atoms with Crippen LogP contribution in [0.4, 0.5) is 15.8 Å². The van der Waals surface area contributed by atoms with E-state index in [-0.39, 0.29) is 11.2 Å². The van der Waals surface area contributed by atoms with Crippen LogP contribution in [0.2, 0.25) is 0 Å². The Labute approximate surface area is 145 Å². The summed E-state index contributed by atoms with van der Waals surface area (Å²) in [5, 5.41) is 3.16.